The van der Waals surface area contributed by atoms with E-state index < -0.39 is 12.5 Å². The van der Waals surface area contributed by atoms with Crippen LogP contribution in [0.2, 0.25) is 0 Å². The van der Waals surface area contributed by atoms with Gasteiger partial charge >= 0.3 is 0 Å². The fraction of sp³-hybridized carbons (Fsp3) is 0.208. The molecule has 0 bridgehead atoms. The van der Waals surface area contributed by atoms with Gasteiger partial charge in [0, 0.05) is 19.4 Å². The summed E-state index contributed by atoms with van der Waals surface area (Å²) in [6, 6.07) is 18.3. The number of carbonyl (C=O) groups excluding carboxylic acids is 1. The highest BCUT2D eigenvalue weighted by atomic mass is 19.1. The Hall–Kier alpha value is -3.41. The molecule has 0 aliphatic carbocycles. The molecule has 0 saturated carbocycles. The third-order valence-electron chi connectivity index (χ3n) is 4.67. The zero-order valence-corrected chi connectivity index (χ0v) is 16.9. The second kappa shape index (κ2) is 9.87. The number of rotatable bonds is 8. The Morgan fingerprint density at radius 1 is 0.967 bits per heavy atom. The predicted molar refractivity (Wildman–Crippen MR) is 112 cm³/mol. The van der Waals surface area contributed by atoms with Gasteiger partial charge in [-0.05, 0) is 47.5 Å². The van der Waals surface area contributed by atoms with Crippen molar-refractivity contribution in [2.75, 3.05) is 18.7 Å². The van der Waals surface area contributed by atoms with Crippen LogP contribution in [-0.4, -0.2) is 19.7 Å². The minimum absolute atomic E-state index is 0.121. The number of benzene rings is 3. The van der Waals surface area contributed by atoms with E-state index in [-0.39, 0.29) is 18.9 Å². The summed E-state index contributed by atoms with van der Waals surface area (Å²) in [7, 11) is 1.54. The zero-order chi connectivity index (χ0) is 21.5. The highest BCUT2D eigenvalue weighted by molar-refractivity contribution is 5.93. The van der Waals surface area contributed by atoms with Crippen molar-refractivity contribution < 1.29 is 23.0 Å². The quantitative estimate of drug-likeness (QED) is 0.478. The molecule has 0 spiro atoms. The average molecular weight is 411 g/mol. The average Bonchev–Trinajstić information content (AvgIpc) is 2.75. The van der Waals surface area contributed by atoms with Gasteiger partial charge in [-0.2, -0.15) is 0 Å². The summed E-state index contributed by atoms with van der Waals surface area (Å²) >= 11 is 0. The molecule has 1 amide bonds. The number of hydrogen-bond donors (Lipinski definition) is 0. The molecule has 0 unspecified atom stereocenters. The van der Waals surface area contributed by atoms with Crippen molar-refractivity contribution in [3.8, 4) is 17.2 Å². The molecule has 0 heterocycles. The van der Waals surface area contributed by atoms with Crippen LogP contribution >= 0.6 is 0 Å². The van der Waals surface area contributed by atoms with E-state index in [1.54, 1.807) is 30.3 Å². The van der Waals surface area contributed by atoms with E-state index in [2.05, 4.69) is 0 Å². The second-order valence-electron chi connectivity index (χ2n) is 6.71. The molecule has 0 fully saturated rings. The molecule has 0 aliphatic heterocycles. The maximum Gasteiger partial charge on any atom is 0.224 e. The number of nitrogens with zero attached hydrogens (tertiary/aromatic N) is 1. The number of hydrogen-bond acceptors (Lipinski definition) is 3. The molecule has 0 atom stereocenters. The van der Waals surface area contributed by atoms with E-state index in [9.17, 15) is 13.6 Å². The number of carbonyl (C=O) groups is 1. The Labute approximate surface area is 174 Å². The number of para-hydroxylation sites is 1. The number of aryl methyl sites for hydroxylation is 1. The summed E-state index contributed by atoms with van der Waals surface area (Å²) in [5.74, 6) is 0.705. The number of alkyl halides is 1. The van der Waals surface area contributed by atoms with Crippen LogP contribution in [0, 0.1) is 5.82 Å². The molecule has 156 valence electrons. The topological polar surface area (TPSA) is 38.8 Å². The number of ether oxygens (including phenoxy) is 2. The van der Waals surface area contributed by atoms with Gasteiger partial charge in [0.1, 0.15) is 17.3 Å². The van der Waals surface area contributed by atoms with Gasteiger partial charge < -0.3 is 14.4 Å². The van der Waals surface area contributed by atoms with E-state index in [0.29, 0.717) is 22.9 Å². The summed E-state index contributed by atoms with van der Waals surface area (Å²) in [5.41, 5.74) is 1.77. The van der Waals surface area contributed by atoms with Gasteiger partial charge in [-0.3, -0.25) is 9.18 Å². The SMILES string of the molecule is COc1ccc(CCF)c(CN(C(C)=O)c2cc(F)ccc2Oc2ccccc2)c1. The third-order valence-corrected chi connectivity index (χ3v) is 4.67. The Balaban J connectivity index is 2.01. The van der Waals surface area contributed by atoms with Crippen LogP contribution in [0.25, 0.3) is 0 Å². The first-order chi connectivity index (χ1) is 14.5. The van der Waals surface area contributed by atoms with Crippen molar-refractivity contribution in [3.05, 3.63) is 83.7 Å². The molecule has 0 radical (unpaired) electrons. The number of amides is 1. The van der Waals surface area contributed by atoms with Crippen LogP contribution in [0.4, 0.5) is 14.5 Å². The van der Waals surface area contributed by atoms with Crippen molar-refractivity contribution in [1.82, 2.24) is 0 Å². The summed E-state index contributed by atoms with van der Waals surface area (Å²) in [6.45, 7) is 0.990. The lowest BCUT2D eigenvalue weighted by molar-refractivity contribution is -0.116. The molecule has 6 heteroatoms. The standard InChI is InChI=1S/C24H23F2NO3/c1-17(28)27(16-19-14-22(29-2)10-8-18(19)12-13-25)23-15-20(26)9-11-24(23)30-21-6-4-3-5-7-21/h3-11,14-15H,12-13,16H2,1-2H3. The maximum absolute atomic E-state index is 14.1. The fourth-order valence-electron chi connectivity index (χ4n) is 3.16. The molecule has 3 aromatic carbocycles. The molecule has 30 heavy (non-hydrogen) atoms. The maximum atomic E-state index is 14.1. The fourth-order valence-corrected chi connectivity index (χ4v) is 3.16. The van der Waals surface area contributed by atoms with Gasteiger partial charge in [0.15, 0.2) is 5.75 Å². The smallest absolute Gasteiger partial charge is 0.224 e. The van der Waals surface area contributed by atoms with Crippen LogP contribution in [0.15, 0.2) is 66.7 Å². The van der Waals surface area contributed by atoms with Crippen molar-refractivity contribution in [2.45, 2.75) is 19.9 Å². The lowest BCUT2D eigenvalue weighted by atomic mass is 10.0. The van der Waals surface area contributed by atoms with Crippen LogP contribution in [0.1, 0.15) is 18.1 Å². The first kappa shape index (κ1) is 21.3. The lowest BCUT2D eigenvalue weighted by Crippen LogP contribution is -2.29. The number of halogens is 2. The molecular weight excluding hydrogens is 388 g/mol. The van der Waals surface area contributed by atoms with Crippen molar-refractivity contribution in [1.29, 1.82) is 0 Å². The normalized spacial score (nSPS) is 10.5. The first-order valence-electron chi connectivity index (χ1n) is 9.54. The molecule has 0 aromatic heterocycles. The molecular formula is C24H23F2NO3. The number of anilines is 1. The largest absolute Gasteiger partial charge is 0.497 e. The minimum Gasteiger partial charge on any atom is -0.497 e. The summed E-state index contributed by atoms with van der Waals surface area (Å²) in [4.78, 5) is 13.9. The molecule has 0 aliphatic rings. The van der Waals surface area contributed by atoms with E-state index >= 15 is 0 Å². The zero-order valence-electron chi connectivity index (χ0n) is 16.9. The highest BCUT2D eigenvalue weighted by Gasteiger charge is 2.20. The third kappa shape index (κ3) is 5.14. The Bertz CT molecular complexity index is 1010. The monoisotopic (exact) mass is 411 g/mol. The molecule has 0 N–H and O–H groups in total. The predicted octanol–water partition coefficient (Wildman–Crippen LogP) is 5.69. The van der Waals surface area contributed by atoms with Crippen molar-refractivity contribution in [3.63, 3.8) is 0 Å². The minimum atomic E-state index is -0.526. The van der Waals surface area contributed by atoms with Gasteiger partial charge in [-0.25, -0.2) is 4.39 Å². The summed E-state index contributed by atoms with van der Waals surface area (Å²) in [6.07, 6.45) is 0.210. The van der Waals surface area contributed by atoms with Gasteiger partial charge in [-0.1, -0.05) is 24.3 Å². The van der Waals surface area contributed by atoms with Crippen LogP contribution in [0.3, 0.4) is 0 Å². The van der Waals surface area contributed by atoms with E-state index in [0.717, 1.165) is 11.1 Å². The van der Waals surface area contributed by atoms with Gasteiger partial charge in [0.05, 0.1) is 26.0 Å². The molecule has 3 aromatic rings. The second-order valence-corrected chi connectivity index (χ2v) is 6.71. The summed E-state index contributed by atoms with van der Waals surface area (Å²) < 4.78 is 38.3. The molecule has 3 rings (SSSR count). The van der Waals surface area contributed by atoms with E-state index in [4.69, 9.17) is 9.47 Å². The lowest BCUT2D eigenvalue weighted by Gasteiger charge is -2.25. The van der Waals surface area contributed by atoms with Crippen LogP contribution in [0.5, 0.6) is 17.2 Å². The molecule has 0 saturated heterocycles. The van der Waals surface area contributed by atoms with Crippen molar-refractivity contribution >= 4 is 11.6 Å². The van der Waals surface area contributed by atoms with Gasteiger partial charge in [0.25, 0.3) is 0 Å². The van der Waals surface area contributed by atoms with Gasteiger partial charge in [-0.15, -0.1) is 0 Å². The summed E-state index contributed by atoms with van der Waals surface area (Å²) in [5, 5.41) is 0. The molecule has 4 nitrogen and oxygen atoms in total. The first-order valence-corrected chi connectivity index (χ1v) is 9.54. The van der Waals surface area contributed by atoms with Crippen molar-refractivity contribution in [2.24, 2.45) is 0 Å². The Kier molecular flexibility index (Phi) is 7.01. The van der Waals surface area contributed by atoms with Crippen LogP contribution < -0.4 is 14.4 Å². The Morgan fingerprint density at radius 3 is 2.40 bits per heavy atom. The van der Waals surface area contributed by atoms with E-state index in [1.807, 2.05) is 18.2 Å². The van der Waals surface area contributed by atoms with Gasteiger partial charge in [0.2, 0.25) is 5.91 Å². The highest BCUT2D eigenvalue weighted by Crippen LogP contribution is 2.35. The number of methoxy groups -OCH3 is 1. The van der Waals surface area contributed by atoms with Crippen LogP contribution in [-0.2, 0) is 17.8 Å². The Morgan fingerprint density at radius 2 is 1.73 bits per heavy atom. The van der Waals surface area contributed by atoms with E-state index in [1.165, 1.54) is 37.1 Å².